The van der Waals surface area contributed by atoms with Gasteiger partial charge in [0.25, 0.3) is 5.91 Å². The second-order valence-corrected chi connectivity index (χ2v) is 4.82. The van der Waals surface area contributed by atoms with E-state index in [1.165, 1.54) is 5.56 Å². The molecule has 1 saturated heterocycles. The fourth-order valence-corrected chi connectivity index (χ4v) is 2.20. The molecular weight excluding hydrogens is 198 g/mol. The Kier molecular flexibility index (Phi) is 2.99. The second-order valence-electron chi connectivity index (χ2n) is 4.82. The molecule has 2 rings (SSSR count). The third-order valence-electron chi connectivity index (χ3n) is 3.37. The van der Waals surface area contributed by atoms with E-state index < -0.39 is 0 Å². The van der Waals surface area contributed by atoms with E-state index in [-0.39, 0.29) is 5.91 Å². The number of benzene rings is 1. The molecule has 86 valence electrons. The van der Waals surface area contributed by atoms with Crippen molar-refractivity contribution >= 4 is 5.91 Å². The van der Waals surface area contributed by atoms with E-state index in [0.717, 1.165) is 30.6 Å². The van der Waals surface area contributed by atoms with E-state index in [1.54, 1.807) is 0 Å². The third kappa shape index (κ3) is 1.84. The van der Waals surface area contributed by atoms with E-state index >= 15 is 0 Å². The molecule has 0 atom stereocenters. The molecule has 0 saturated carbocycles. The van der Waals surface area contributed by atoms with Crippen LogP contribution in [0, 0.1) is 6.92 Å². The minimum atomic E-state index is 0.200. The van der Waals surface area contributed by atoms with Crippen LogP contribution in [-0.2, 0) is 0 Å². The minimum Gasteiger partial charge on any atom is -0.339 e. The van der Waals surface area contributed by atoms with E-state index in [4.69, 9.17) is 0 Å². The molecule has 1 aromatic rings. The van der Waals surface area contributed by atoms with Gasteiger partial charge in [0.05, 0.1) is 0 Å². The number of amides is 1. The summed E-state index contributed by atoms with van der Waals surface area (Å²) >= 11 is 0. The number of rotatable bonds is 2. The predicted molar refractivity (Wildman–Crippen MR) is 65.8 cm³/mol. The highest BCUT2D eigenvalue weighted by Crippen LogP contribution is 2.23. The van der Waals surface area contributed by atoms with Gasteiger partial charge >= 0.3 is 0 Å². The van der Waals surface area contributed by atoms with Gasteiger partial charge in [0.1, 0.15) is 0 Å². The van der Waals surface area contributed by atoms with Crippen molar-refractivity contribution in [1.82, 2.24) is 4.90 Å². The van der Waals surface area contributed by atoms with Crippen LogP contribution in [0.1, 0.15) is 47.7 Å². The van der Waals surface area contributed by atoms with Gasteiger partial charge in [-0.05, 0) is 36.5 Å². The van der Waals surface area contributed by atoms with Crippen molar-refractivity contribution in [3.63, 3.8) is 0 Å². The molecule has 1 aliphatic heterocycles. The third-order valence-corrected chi connectivity index (χ3v) is 3.37. The van der Waals surface area contributed by atoms with Crippen LogP contribution >= 0.6 is 0 Å². The predicted octanol–water partition coefficient (Wildman–Crippen LogP) is 2.96. The summed E-state index contributed by atoms with van der Waals surface area (Å²) < 4.78 is 0. The number of carbonyl (C=O) groups is 1. The van der Waals surface area contributed by atoms with Crippen molar-refractivity contribution in [2.24, 2.45) is 0 Å². The summed E-state index contributed by atoms with van der Waals surface area (Å²) in [6, 6.07) is 6.06. The first-order valence-corrected chi connectivity index (χ1v) is 6.00. The molecule has 0 aliphatic carbocycles. The van der Waals surface area contributed by atoms with Gasteiger partial charge in [-0.25, -0.2) is 0 Å². The van der Waals surface area contributed by atoms with Crippen LogP contribution in [0.25, 0.3) is 0 Å². The Morgan fingerprint density at radius 3 is 2.50 bits per heavy atom. The maximum Gasteiger partial charge on any atom is 0.254 e. The summed E-state index contributed by atoms with van der Waals surface area (Å²) in [4.78, 5) is 14.1. The molecule has 1 aliphatic rings. The molecule has 1 heterocycles. The van der Waals surface area contributed by atoms with Crippen molar-refractivity contribution in [2.45, 2.75) is 33.1 Å². The standard InChI is InChI=1S/C14H19NO/c1-10(2)12-6-4-7-13(11(12)3)14(16)15-8-5-9-15/h4,6-7,10H,5,8-9H2,1-3H3. The molecule has 0 spiro atoms. The fraction of sp³-hybridized carbons (Fsp3) is 0.500. The van der Waals surface area contributed by atoms with Gasteiger partial charge in [-0.15, -0.1) is 0 Å². The van der Waals surface area contributed by atoms with Crippen LogP contribution in [0.3, 0.4) is 0 Å². The van der Waals surface area contributed by atoms with Crippen LogP contribution in [0.4, 0.5) is 0 Å². The number of carbonyl (C=O) groups excluding carboxylic acids is 1. The average molecular weight is 217 g/mol. The summed E-state index contributed by atoms with van der Waals surface area (Å²) in [6.45, 7) is 8.23. The summed E-state index contributed by atoms with van der Waals surface area (Å²) in [5.41, 5.74) is 3.31. The van der Waals surface area contributed by atoms with Gasteiger partial charge in [-0.3, -0.25) is 4.79 Å². The average Bonchev–Trinajstić information content (AvgIpc) is 2.14. The molecule has 1 fully saturated rings. The van der Waals surface area contributed by atoms with Crippen LogP contribution in [-0.4, -0.2) is 23.9 Å². The van der Waals surface area contributed by atoms with E-state index in [1.807, 2.05) is 17.0 Å². The highest BCUT2D eigenvalue weighted by atomic mass is 16.2. The Labute approximate surface area is 97.3 Å². The van der Waals surface area contributed by atoms with Crippen molar-refractivity contribution in [1.29, 1.82) is 0 Å². The zero-order valence-corrected chi connectivity index (χ0v) is 10.3. The second kappa shape index (κ2) is 4.28. The number of hydrogen-bond donors (Lipinski definition) is 0. The molecule has 0 bridgehead atoms. The van der Waals surface area contributed by atoms with Crippen LogP contribution in [0.5, 0.6) is 0 Å². The number of nitrogens with zero attached hydrogens (tertiary/aromatic N) is 1. The molecule has 0 radical (unpaired) electrons. The number of likely N-dealkylation sites (tertiary alicyclic amines) is 1. The molecule has 2 heteroatoms. The maximum absolute atomic E-state index is 12.1. The number of hydrogen-bond acceptors (Lipinski definition) is 1. The molecule has 1 aromatic carbocycles. The summed E-state index contributed by atoms with van der Waals surface area (Å²) in [5, 5.41) is 0. The lowest BCUT2D eigenvalue weighted by atomic mass is 9.93. The SMILES string of the molecule is Cc1c(C(=O)N2CCC2)cccc1C(C)C. The lowest BCUT2D eigenvalue weighted by molar-refractivity contribution is 0.0651. The Balaban J connectivity index is 2.33. The van der Waals surface area contributed by atoms with Gasteiger partial charge in [0.15, 0.2) is 0 Å². The Morgan fingerprint density at radius 1 is 1.31 bits per heavy atom. The van der Waals surface area contributed by atoms with Gasteiger partial charge in [0.2, 0.25) is 0 Å². The van der Waals surface area contributed by atoms with Gasteiger partial charge in [0, 0.05) is 18.7 Å². The maximum atomic E-state index is 12.1. The quantitative estimate of drug-likeness (QED) is 0.745. The summed E-state index contributed by atoms with van der Waals surface area (Å²) in [5.74, 6) is 0.676. The summed E-state index contributed by atoms with van der Waals surface area (Å²) in [7, 11) is 0. The van der Waals surface area contributed by atoms with E-state index in [9.17, 15) is 4.79 Å². The van der Waals surface area contributed by atoms with Gasteiger partial charge in [-0.1, -0.05) is 26.0 Å². The minimum absolute atomic E-state index is 0.200. The first kappa shape index (κ1) is 11.2. The highest BCUT2D eigenvalue weighted by Gasteiger charge is 2.23. The Hall–Kier alpha value is -1.31. The van der Waals surface area contributed by atoms with Gasteiger partial charge < -0.3 is 4.90 Å². The zero-order chi connectivity index (χ0) is 11.7. The molecule has 1 amide bonds. The largest absolute Gasteiger partial charge is 0.339 e. The Bertz CT molecular complexity index is 405. The molecule has 0 unspecified atom stereocenters. The molecule has 16 heavy (non-hydrogen) atoms. The topological polar surface area (TPSA) is 20.3 Å². The van der Waals surface area contributed by atoms with E-state index in [0.29, 0.717) is 5.92 Å². The Morgan fingerprint density at radius 2 is 2.00 bits per heavy atom. The van der Waals surface area contributed by atoms with Crippen molar-refractivity contribution in [3.05, 3.63) is 34.9 Å². The van der Waals surface area contributed by atoms with Crippen LogP contribution in [0.15, 0.2) is 18.2 Å². The highest BCUT2D eigenvalue weighted by molar-refractivity contribution is 5.96. The van der Waals surface area contributed by atoms with Crippen molar-refractivity contribution < 1.29 is 4.79 Å². The molecular formula is C14H19NO. The lowest BCUT2D eigenvalue weighted by Crippen LogP contribution is -2.42. The van der Waals surface area contributed by atoms with Gasteiger partial charge in [-0.2, -0.15) is 0 Å². The first-order chi connectivity index (χ1) is 7.61. The smallest absolute Gasteiger partial charge is 0.254 e. The summed E-state index contributed by atoms with van der Waals surface area (Å²) in [6.07, 6.45) is 1.15. The molecule has 2 nitrogen and oxygen atoms in total. The lowest BCUT2D eigenvalue weighted by Gasteiger charge is -2.31. The molecule has 0 aromatic heterocycles. The van der Waals surface area contributed by atoms with Crippen LogP contribution in [0.2, 0.25) is 0 Å². The zero-order valence-electron chi connectivity index (χ0n) is 10.3. The van der Waals surface area contributed by atoms with Crippen molar-refractivity contribution in [3.8, 4) is 0 Å². The first-order valence-electron chi connectivity index (χ1n) is 6.00. The monoisotopic (exact) mass is 217 g/mol. The van der Waals surface area contributed by atoms with Crippen LogP contribution < -0.4 is 0 Å². The van der Waals surface area contributed by atoms with E-state index in [2.05, 4.69) is 26.8 Å². The normalized spacial score (nSPS) is 15.1. The molecule has 0 N–H and O–H groups in total. The fourth-order valence-electron chi connectivity index (χ4n) is 2.20. The van der Waals surface area contributed by atoms with Crippen molar-refractivity contribution in [2.75, 3.05) is 13.1 Å².